The number of aliphatic hydroxyl groups excluding tert-OH is 1. The SMILES string of the molecule is COc1ccc(F)c(-c2ncc(COc3cccc([C@H](O)CC(=O)O)c3)nc2OC(C)C)c1. The van der Waals surface area contributed by atoms with Gasteiger partial charge >= 0.3 is 5.97 Å². The summed E-state index contributed by atoms with van der Waals surface area (Å²) in [5.41, 5.74) is 1.30. The molecule has 1 aromatic heterocycles. The lowest BCUT2D eigenvalue weighted by molar-refractivity contribution is -0.139. The van der Waals surface area contributed by atoms with E-state index in [4.69, 9.17) is 19.3 Å². The van der Waals surface area contributed by atoms with Gasteiger partial charge in [-0.2, -0.15) is 0 Å². The third-order valence-corrected chi connectivity index (χ3v) is 4.56. The van der Waals surface area contributed by atoms with Gasteiger partial charge in [-0.15, -0.1) is 0 Å². The molecule has 3 aromatic rings. The van der Waals surface area contributed by atoms with Crippen molar-refractivity contribution in [3.05, 3.63) is 65.7 Å². The third kappa shape index (κ3) is 6.39. The molecule has 0 amide bonds. The van der Waals surface area contributed by atoms with Gasteiger partial charge in [-0.1, -0.05) is 12.1 Å². The summed E-state index contributed by atoms with van der Waals surface area (Å²) in [7, 11) is 1.49. The van der Waals surface area contributed by atoms with Crippen LogP contribution in [0, 0.1) is 5.82 Å². The Balaban J connectivity index is 1.83. The van der Waals surface area contributed by atoms with Crippen molar-refractivity contribution in [2.24, 2.45) is 0 Å². The molecular formula is C24H25FN2O6. The highest BCUT2D eigenvalue weighted by Crippen LogP contribution is 2.32. The van der Waals surface area contributed by atoms with E-state index < -0.39 is 24.3 Å². The first-order chi connectivity index (χ1) is 15.8. The number of carboxylic acids is 1. The van der Waals surface area contributed by atoms with E-state index in [0.717, 1.165) is 0 Å². The summed E-state index contributed by atoms with van der Waals surface area (Å²) in [6, 6.07) is 10.8. The number of ether oxygens (including phenoxy) is 3. The maximum absolute atomic E-state index is 14.5. The number of carbonyl (C=O) groups is 1. The molecule has 2 N–H and O–H groups in total. The minimum atomic E-state index is -1.14. The van der Waals surface area contributed by atoms with Crippen LogP contribution in [0.25, 0.3) is 11.3 Å². The van der Waals surface area contributed by atoms with Crippen molar-refractivity contribution < 1.29 is 33.6 Å². The Morgan fingerprint density at radius 1 is 1.15 bits per heavy atom. The lowest BCUT2D eigenvalue weighted by Crippen LogP contribution is -2.11. The minimum Gasteiger partial charge on any atom is -0.497 e. The summed E-state index contributed by atoms with van der Waals surface area (Å²) >= 11 is 0. The summed E-state index contributed by atoms with van der Waals surface area (Å²) in [5, 5.41) is 18.9. The number of rotatable bonds is 10. The van der Waals surface area contributed by atoms with E-state index in [1.54, 1.807) is 24.3 Å². The van der Waals surface area contributed by atoms with Crippen LogP contribution in [0.1, 0.15) is 37.6 Å². The minimum absolute atomic E-state index is 0.0286. The number of nitrogens with zero attached hydrogens (tertiary/aromatic N) is 2. The van der Waals surface area contributed by atoms with Crippen LogP contribution < -0.4 is 14.2 Å². The molecule has 0 aliphatic heterocycles. The third-order valence-electron chi connectivity index (χ3n) is 4.56. The number of carboxylic acid groups (broad SMARTS) is 1. The predicted molar refractivity (Wildman–Crippen MR) is 118 cm³/mol. The Hall–Kier alpha value is -3.72. The Kier molecular flexibility index (Phi) is 7.78. The molecule has 2 aromatic carbocycles. The second-order valence-electron chi connectivity index (χ2n) is 7.50. The zero-order valence-electron chi connectivity index (χ0n) is 18.5. The fourth-order valence-corrected chi connectivity index (χ4v) is 3.03. The van der Waals surface area contributed by atoms with E-state index in [0.29, 0.717) is 22.8 Å². The Morgan fingerprint density at radius 2 is 1.94 bits per heavy atom. The molecule has 0 saturated heterocycles. The van der Waals surface area contributed by atoms with E-state index in [-0.39, 0.29) is 29.8 Å². The van der Waals surface area contributed by atoms with E-state index >= 15 is 0 Å². The van der Waals surface area contributed by atoms with Crippen LogP contribution in [0.4, 0.5) is 4.39 Å². The monoisotopic (exact) mass is 456 g/mol. The highest BCUT2D eigenvalue weighted by Gasteiger charge is 2.18. The molecule has 1 heterocycles. The zero-order valence-corrected chi connectivity index (χ0v) is 18.5. The number of aromatic nitrogens is 2. The van der Waals surface area contributed by atoms with Crippen molar-refractivity contribution in [2.75, 3.05) is 7.11 Å². The largest absolute Gasteiger partial charge is 0.497 e. The Morgan fingerprint density at radius 3 is 2.64 bits per heavy atom. The van der Waals surface area contributed by atoms with Gasteiger partial charge in [0, 0.05) is 5.56 Å². The van der Waals surface area contributed by atoms with Gasteiger partial charge in [0.2, 0.25) is 5.88 Å². The van der Waals surface area contributed by atoms with Crippen LogP contribution in [-0.4, -0.2) is 39.4 Å². The number of hydrogen-bond acceptors (Lipinski definition) is 7. The number of halogens is 1. The first kappa shape index (κ1) is 23.9. The van der Waals surface area contributed by atoms with Gasteiger partial charge < -0.3 is 24.4 Å². The van der Waals surface area contributed by atoms with Crippen molar-refractivity contribution in [2.45, 2.75) is 39.1 Å². The maximum atomic E-state index is 14.5. The fraction of sp³-hybridized carbons (Fsp3) is 0.292. The van der Waals surface area contributed by atoms with Crippen LogP contribution in [0.5, 0.6) is 17.4 Å². The van der Waals surface area contributed by atoms with E-state index in [2.05, 4.69) is 9.97 Å². The van der Waals surface area contributed by atoms with Crippen molar-refractivity contribution >= 4 is 5.97 Å². The molecule has 0 fully saturated rings. The summed E-state index contributed by atoms with van der Waals surface area (Å²) in [6.07, 6.45) is -0.318. The van der Waals surface area contributed by atoms with Gasteiger partial charge in [0.25, 0.3) is 0 Å². The number of benzene rings is 2. The molecule has 8 nitrogen and oxygen atoms in total. The van der Waals surface area contributed by atoms with Gasteiger partial charge in [0.05, 0.1) is 31.9 Å². The quantitative estimate of drug-likeness (QED) is 0.468. The van der Waals surface area contributed by atoms with Crippen molar-refractivity contribution in [3.63, 3.8) is 0 Å². The number of aliphatic carboxylic acids is 1. The molecule has 33 heavy (non-hydrogen) atoms. The highest BCUT2D eigenvalue weighted by molar-refractivity contribution is 5.68. The number of hydrogen-bond donors (Lipinski definition) is 2. The number of methoxy groups -OCH3 is 1. The molecule has 0 unspecified atom stereocenters. The normalized spacial score (nSPS) is 11.8. The fourth-order valence-electron chi connectivity index (χ4n) is 3.03. The smallest absolute Gasteiger partial charge is 0.306 e. The maximum Gasteiger partial charge on any atom is 0.306 e. The second kappa shape index (κ2) is 10.7. The first-order valence-electron chi connectivity index (χ1n) is 10.3. The molecule has 0 aliphatic rings. The average molecular weight is 456 g/mol. The molecule has 9 heteroatoms. The van der Waals surface area contributed by atoms with Crippen LogP contribution in [-0.2, 0) is 11.4 Å². The summed E-state index contributed by atoms with van der Waals surface area (Å²) in [4.78, 5) is 19.6. The van der Waals surface area contributed by atoms with E-state index in [9.17, 15) is 14.3 Å². The van der Waals surface area contributed by atoms with Crippen LogP contribution in [0.3, 0.4) is 0 Å². The molecule has 174 valence electrons. The molecule has 0 saturated carbocycles. The molecular weight excluding hydrogens is 431 g/mol. The zero-order chi connectivity index (χ0) is 24.0. The predicted octanol–water partition coefficient (Wildman–Crippen LogP) is 4.17. The topological polar surface area (TPSA) is 111 Å². The standard InChI is InChI=1S/C24H25FN2O6/c1-14(2)33-24-23(19-10-17(31-3)7-8-20(19)25)26-12-16(27-24)13-32-18-6-4-5-15(9-18)21(28)11-22(29)30/h4-10,12,14,21,28H,11,13H2,1-3H3,(H,29,30)/t21-/m1/s1. The first-order valence-corrected chi connectivity index (χ1v) is 10.3. The summed E-state index contributed by atoms with van der Waals surface area (Å²) < 4.78 is 31.2. The highest BCUT2D eigenvalue weighted by atomic mass is 19.1. The van der Waals surface area contributed by atoms with Gasteiger partial charge in [0.15, 0.2) is 0 Å². The lowest BCUT2D eigenvalue weighted by Gasteiger charge is -2.15. The van der Waals surface area contributed by atoms with Crippen molar-refractivity contribution in [1.29, 1.82) is 0 Å². The van der Waals surface area contributed by atoms with Crippen molar-refractivity contribution in [3.8, 4) is 28.6 Å². The van der Waals surface area contributed by atoms with E-state index in [1.165, 1.54) is 31.5 Å². The summed E-state index contributed by atoms with van der Waals surface area (Å²) in [5.74, 6) is -0.535. The van der Waals surface area contributed by atoms with Crippen LogP contribution >= 0.6 is 0 Å². The second-order valence-corrected chi connectivity index (χ2v) is 7.50. The Labute approximate surface area is 190 Å². The van der Waals surface area contributed by atoms with Gasteiger partial charge in [0.1, 0.15) is 35.3 Å². The average Bonchev–Trinajstić information content (AvgIpc) is 2.78. The van der Waals surface area contributed by atoms with Gasteiger partial charge in [-0.25, -0.2) is 14.4 Å². The van der Waals surface area contributed by atoms with Crippen LogP contribution in [0.2, 0.25) is 0 Å². The van der Waals surface area contributed by atoms with E-state index in [1.807, 2.05) is 13.8 Å². The van der Waals surface area contributed by atoms with Crippen molar-refractivity contribution in [1.82, 2.24) is 9.97 Å². The Bertz CT molecular complexity index is 1120. The van der Waals surface area contributed by atoms with Gasteiger partial charge in [-0.3, -0.25) is 4.79 Å². The molecule has 3 rings (SSSR count). The van der Waals surface area contributed by atoms with Crippen LogP contribution in [0.15, 0.2) is 48.7 Å². The molecule has 0 spiro atoms. The lowest BCUT2D eigenvalue weighted by atomic mass is 10.1. The number of aliphatic hydroxyl groups is 1. The summed E-state index contributed by atoms with van der Waals surface area (Å²) in [6.45, 7) is 3.68. The molecule has 0 aliphatic carbocycles. The molecule has 1 atom stereocenters. The molecule has 0 bridgehead atoms. The molecule has 0 radical (unpaired) electrons. The van der Waals surface area contributed by atoms with Gasteiger partial charge in [-0.05, 0) is 49.7 Å².